The number of ether oxygens (including phenoxy) is 1. The van der Waals surface area contributed by atoms with Crippen LogP contribution < -0.4 is 4.74 Å². The highest BCUT2D eigenvalue weighted by atomic mass is 16.5. The Balaban J connectivity index is 2.79. The molecule has 0 aromatic heterocycles. The Hall–Kier alpha value is -1.26. The molecule has 3 N–H and O–H groups in total. The first-order valence-electron chi connectivity index (χ1n) is 4.35. The number of phenols is 1. The molecule has 1 rings (SSSR count). The molecule has 0 aliphatic rings. The summed E-state index contributed by atoms with van der Waals surface area (Å²) in [5, 5.41) is 26.8. The number of aromatic hydroxyl groups is 1. The van der Waals surface area contributed by atoms with Crippen LogP contribution in [0.3, 0.4) is 0 Å². The average molecular weight is 198 g/mol. The summed E-state index contributed by atoms with van der Waals surface area (Å²) in [6, 6.07) is 4.71. The van der Waals surface area contributed by atoms with E-state index in [1.807, 2.05) is 6.92 Å². The van der Waals surface area contributed by atoms with Crippen molar-refractivity contribution in [2.24, 2.45) is 0 Å². The van der Waals surface area contributed by atoms with Crippen LogP contribution in [0.2, 0.25) is 0 Å². The van der Waals surface area contributed by atoms with Gasteiger partial charge in [0.1, 0.15) is 17.6 Å². The number of rotatable bonds is 4. The molecule has 78 valence electrons. The number of aliphatic hydroxyl groups is 2. The molecule has 0 spiro atoms. The van der Waals surface area contributed by atoms with Crippen LogP contribution >= 0.6 is 0 Å². The van der Waals surface area contributed by atoms with Gasteiger partial charge in [-0.15, -0.1) is 0 Å². The van der Waals surface area contributed by atoms with Gasteiger partial charge in [-0.05, 0) is 18.6 Å². The van der Waals surface area contributed by atoms with E-state index in [0.29, 0.717) is 5.75 Å². The molecule has 0 aliphatic carbocycles. The highest BCUT2D eigenvalue weighted by Crippen LogP contribution is 2.23. The SMILES string of the molecule is Cc1ccc(O)cc1OC(CO)CO. The Morgan fingerprint density at radius 3 is 2.50 bits per heavy atom. The van der Waals surface area contributed by atoms with Crippen LogP contribution in [0.5, 0.6) is 11.5 Å². The van der Waals surface area contributed by atoms with Gasteiger partial charge in [0.15, 0.2) is 0 Å². The fraction of sp³-hybridized carbons (Fsp3) is 0.400. The van der Waals surface area contributed by atoms with Gasteiger partial charge in [-0.2, -0.15) is 0 Å². The van der Waals surface area contributed by atoms with Crippen LogP contribution in [-0.4, -0.2) is 34.6 Å². The molecule has 1 aromatic rings. The maximum Gasteiger partial charge on any atom is 0.145 e. The largest absolute Gasteiger partial charge is 0.508 e. The molecule has 0 fully saturated rings. The molecule has 0 aliphatic heterocycles. The maximum absolute atomic E-state index is 9.19. The van der Waals surface area contributed by atoms with Gasteiger partial charge in [-0.25, -0.2) is 0 Å². The molecule has 1 aromatic carbocycles. The number of hydrogen-bond acceptors (Lipinski definition) is 4. The van der Waals surface area contributed by atoms with Crippen molar-refractivity contribution < 1.29 is 20.1 Å². The lowest BCUT2D eigenvalue weighted by molar-refractivity contribution is 0.0623. The Bertz CT molecular complexity index is 294. The second-order valence-corrected chi connectivity index (χ2v) is 3.05. The standard InChI is InChI=1S/C10H14O4/c1-7-2-3-8(13)4-10(7)14-9(5-11)6-12/h2-4,9,11-13H,5-6H2,1H3. The molecule has 0 saturated carbocycles. The Morgan fingerprint density at radius 1 is 1.29 bits per heavy atom. The number of benzene rings is 1. The topological polar surface area (TPSA) is 69.9 Å². The zero-order chi connectivity index (χ0) is 10.6. The van der Waals surface area contributed by atoms with Gasteiger partial charge in [0.2, 0.25) is 0 Å². The lowest BCUT2D eigenvalue weighted by Crippen LogP contribution is -2.25. The molecule has 4 heteroatoms. The van der Waals surface area contributed by atoms with Crippen molar-refractivity contribution in [2.45, 2.75) is 13.0 Å². The van der Waals surface area contributed by atoms with Crippen molar-refractivity contribution in [3.8, 4) is 11.5 Å². The molecule has 14 heavy (non-hydrogen) atoms. The fourth-order valence-electron chi connectivity index (χ4n) is 1.03. The van der Waals surface area contributed by atoms with Crippen molar-refractivity contribution >= 4 is 0 Å². The van der Waals surface area contributed by atoms with Crippen LogP contribution in [0.15, 0.2) is 18.2 Å². The minimum atomic E-state index is -0.643. The molecule has 0 amide bonds. The van der Waals surface area contributed by atoms with Gasteiger partial charge in [-0.1, -0.05) is 6.07 Å². The molecular weight excluding hydrogens is 184 g/mol. The molecular formula is C10H14O4. The predicted octanol–water partition coefficient (Wildman–Crippen LogP) is 0.433. The lowest BCUT2D eigenvalue weighted by Gasteiger charge is -2.16. The minimum Gasteiger partial charge on any atom is -0.508 e. The third-order valence-electron chi connectivity index (χ3n) is 1.87. The summed E-state index contributed by atoms with van der Waals surface area (Å²) in [6.45, 7) is 1.30. The predicted molar refractivity (Wildman–Crippen MR) is 51.4 cm³/mol. The summed E-state index contributed by atoms with van der Waals surface area (Å²) >= 11 is 0. The Kier molecular flexibility index (Phi) is 3.73. The van der Waals surface area contributed by atoms with Gasteiger partial charge in [0.25, 0.3) is 0 Å². The molecule has 0 heterocycles. The fourth-order valence-corrected chi connectivity index (χ4v) is 1.03. The third kappa shape index (κ3) is 2.61. The van der Waals surface area contributed by atoms with Crippen LogP contribution in [0, 0.1) is 6.92 Å². The second-order valence-electron chi connectivity index (χ2n) is 3.05. The zero-order valence-corrected chi connectivity index (χ0v) is 7.97. The van der Waals surface area contributed by atoms with E-state index < -0.39 is 6.10 Å². The minimum absolute atomic E-state index is 0.0974. The monoisotopic (exact) mass is 198 g/mol. The van der Waals surface area contributed by atoms with Crippen molar-refractivity contribution in [3.05, 3.63) is 23.8 Å². The van der Waals surface area contributed by atoms with Crippen molar-refractivity contribution in [2.75, 3.05) is 13.2 Å². The first-order valence-corrected chi connectivity index (χ1v) is 4.35. The molecule has 4 nitrogen and oxygen atoms in total. The van der Waals surface area contributed by atoms with Gasteiger partial charge in [-0.3, -0.25) is 0 Å². The Labute approximate surface area is 82.4 Å². The summed E-state index contributed by atoms with van der Waals surface area (Å²) in [5.74, 6) is 0.568. The van der Waals surface area contributed by atoms with E-state index in [2.05, 4.69) is 0 Å². The summed E-state index contributed by atoms with van der Waals surface area (Å²) in [5.41, 5.74) is 0.842. The molecule has 0 bridgehead atoms. The van der Waals surface area contributed by atoms with Crippen molar-refractivity contribution in [3.63, 3.8) is 0 Å². The molecule has 0 radical (unpaired) electrons. The van der Waals surface area contributed by atoms with Crippen LogP contribution in [0.25, 0.3) is 0 Å². The van der Waals surface area contributed by atoms with Gasteiger partial charge >= 0.3 is 0 Å². The van der Waals surface area contributed by atoms with E-state index in [1.165, 1.54) is 6.07 Å². The number of aliphatic hydroxyl groups excluding tert-OH is 2. The lowest BCUT2D eigenvalue weighted by atomic mass is 10.2. The summed E-state index contributed by atoms with van der Waals surface area (Å²) in [7, 11) is 0. The molecule has 0 unspecified atom stereocenters. The maximum atomic E-state index is 9.19. The van der Waals surface area contributed by atoms with E-state index in [-0.39, 0.29) is 19.0 Å². The summed E-state index contributed by atoms with van der Waals surface area (Å²) in [4.78, 5) is 0. The van der Waals surface area contributed by atoms with Gasteiger partial charge in [0.05, 0.1) is 13.2 Å². The highest BCUT2D eigenvalue weighted by Gasteiger charge is 2.09. The number of hydrogen-bond donors (Lipinski definition) is 3. The van der Waals surface area contributed by atoms with Gasteiger partial charge in [0, 0.05) is 6.07 Å². The first-order chi connectivity index (χ1) is 6.67. The second kappa shape index (κ2) is 4.83. The highest BCUT2D eigenvalue weighted by molar-refractivity contribution is 5.39. The van der Waals surface area contributed by atoms with Crippen molar-refractivity contribution in [1.82, 2.24) is 0 Å². The van der Waals surface area contributed by atoms with Crippen LogP contribution in [0.1, 0.15) is 5.56 Å². The zero-order valence-electron chi connectivity index (χ0n) is 7.97. The smallest absolute Gasteiger partial charge is 0.145 e. The number of aryl methyl sites for hydroxylation is 1. The van der Waals surface area contributed by atoms with Crippen LogP contribution in [0.4, 0.5) is 0 Å². The van der Waals surface area contributed by atoms with Crippen LogP contribution in [-0.2, 0) is 0 Å². The Morgan fingerprint density at radius 2 is 1.93 bits per heavy atom. The molecule has 0 saturated heterocycles. The summed E-state index contributed by atoms with van der Waals surface area (Å²) < 4.78 is 5.26. The quantitative estimate of drug-likeness (QED) is 0.656. The summed E-state index contributed by atoms with van der Waals surface area (Å²) in [6.07, 6.45) is -0.643. The van der Waals surface area contributed by atoms with Gasteiger partial charge < -0.3 is 20.1 Å². The van der Waals surface area contributed by atoms with E-state index in [4.69, 9.17) is 14.9 Å². The van der Waals surface area contributed by atoms with E-state index in [1.54, 1.807) is 12.1 Å². The average Bonchev–Trinajstić information content (AvgIpc) is 2.19. The normalized spacial score (nSPS) is 10.6. The van der Waals surface area contributed by atoms with E-state index >= 15 is 0 Å². The third-order valence-corrected chi connectivity index (χ3v) is 1.87. The first kappa shape index (κ1) is 10.8. The molecule has 0 atom stereocenters. The van der Waals surface area contributed by atoms with E-state index in [0.717, 1.165) is 5.56 Å². The van der Waals surface area contributed by atoms with E-state index in [9.17, 15) is 5.11 Å². The van der Waals surface area contributed by atoms with Crippen molar-refractivity contribution in [1.29, 1.82) is 0 Å². The number of phenolic OH excluding ortho intramolecular Hbond substituents is 1.